The van der Waals surface area contributed by atoms with Crippen molar-refractivity contribution in [3.63, 3.8) is 0 Å². The van der Waals surface area contributed by atoms with E-state index in [1.807, 2.05) is 0 Å². The Morgan fingerprint density at radius 1 is 1.29 bits per heavy atom. The summed E-state index contributed by atoms with van der Waals surface area (Å²) in [6.45, 7) is 3.76. The molecule has 0 bridgehead atoms. The van der Waals surface area contributed by atoms with Crippen LogP contribution < -0.4 is 16.0 Å². The minimum atomic E-state index is -0.240. The Bertz CT molecular complexity index is 501. The van der Waals surface area contributed by atoms with Gasteiger partial charge >= 0.3 is 0 Å². The maximum Gasteiger partial charge on any atom is 0.251 e. The number of aliphatic hydroxyl groups excluding tert-OH is 1. The predicted octanol–water partition coefficient (Wildman–Crippen LogP) is 0.203. The first-order valence-electron chi connectivity index (χ1n) is 7.12. The minimum absolute atomic E-state index is 0.00461. The maximum atomic E-state index is 12.1. The van der Waals surface area contributed by atoms with E-state index in [2.05, 4.69) is 22.9 Å². The SMILES string of the molecule is C[C@@H]1CNC[C@H]1C(=O)Nc1ccc(C(=O)NCCO)cc1. The molecule has 1 heterocycles. The molecular weight excluding hydrogens is 270 g/mol. The molecule has 1 aromatic carbocycles. The summed E-state index contributed by atoms with van der Waals surface area (Å²) >= 11 is 0. The van der Waals surface area contributed by atoms with Gasteiger partial charge in [-0.3, -0.25) is 9.59 Å². The molecule has 6 nitrogen and oxygen atoms in total. The summed E-state index contributed by atoms with van der Waals surface area (Å²) in [7, 11) is 0. The molecule has 0 radical (unpaired) electrons. The third-order valence-electron chi connectivity index (χ3n) is 3.67. The Balaban J connectivity index is 1.93. The number of benzene rings is 1. The van der Waals surface area contributed by atoms with Gasteiger partial charge in [-0.25, -0.2) is 0 Å². The van der Waals surface area contributed by atoms with Crippen LogP contribution in [0.25, 0.3) is 0 Å². The van der Waals surface area contributed by atoms with Crippen LogP contribution in [-0.2, 0) is 4.79 Å². The second-order valence-electron chi connectivity index (χ2n) is 5.29. The summed E-state index contributed by atoms with van der Waals surface area (Å²) in [6.07, 6.45) is 0. The highest BCUT2D eigenvalue weighted by atomic mass is 16.3. The Labute approximate surface area is 123 Å². The third kappa shape index (κ3) is 4.03. The molecule has 114 valence electrons. The topological polar surface area (TPSA) is 90.5 Å². The number of nitrogens with one attached hydrogen (secondary N) is 3. The van der Waals surface area contributed by atoms with Crippen molar-refractivity contribution in [2.24, 2.45) is 11.8 Å². The van der Waals surface area contributed by atoms with Crippen LogP contribution in [0.2, 0.25) is 0 Å². The standard InChI is InChI=1S/C15H21N3O3/c1-10-8-16-9-13(10)15(21)18-12-4-2-11(3-5-12)14(20)17-6-7-19/h2-5,10,13,16,19H,6-9H2,1H3,(H,17,20)(H,18,21)/t10-,13-/m1/s1. The van der Waals surface area contributed by atoms with E-state index in [4.69, 9.17) is 5.11 Å². The number of carbonyl (C=O) groups is 2. The highest BCUT2D eigenvalue weighted by molar-refractivity contribution is 5.96. The summed E-state index contributed by atoms with van der Waals surface area (Å²) < 4.78 is 0. The lowest BCUT2D eigenvalue weighted by Gasteiger charge is -2.14. The zero-order valence-electron chi connectivity index (χ0n) is 12.1. The molecule has 1 saturated heterocycles. The third-order valence-corrected chi connectivity index (χ3v) is 3.67. The predicted molar refractivity (Wildman–Crippen MR) is 80.0 cm³/mol. The zero-order valence-corrected chi connectivity index (χ0v) is 12.1. The second-order valence-corrected chi connectivity index (χ2v) is 5.29. The van der Waals surface area contributed by atoms with E-state index in [9.17, 15) is 9.59 Å². The van der Waals surface area contributed by atoms with Gasteiger partial charge in [-0.1, -0.05) is 6.92 Å². The lowest BCUT2D eigenvalue weighted by atomic mass is 9.97. The molecule has 1 aromatic rings. The molecule has 0 unspecified atom stereocenters. The lowest BCUT2D eigenvalue weighted by molar-refractivity contribution is -0.120. The first-order chi connectivity index (χ1) is 10.1. The van der Waals surface area contributed by atoms with Crippen molar-refractivity contribution >= 4 is 17.5 Å². The summed E-state index contributed by atoms with van der Waals surface area (Å²) in [5, 5.41) is 17.3. The van der Waals surface area contributed by atoms with Crippen LogP contribution in [0, 0.1) is 11.8 Å². The molecule has 2 rings (SSSR count). The molecule has 2 atom stereocenters. The Kier molecular flexibility index (Phi) is 5.30. The van der Waals surface area contributed by atoms with Gasteiger partial charge in [0.2, 0.25) is 5.91 Å². The number of aliphatic hydroxyl groups is 1. The van der Waals surface area contributed by atoms with Gasteiger partial charge in [-0.15, -0.1) is 0 Å². The molecule has 0 spiro atoms. The fourth-order valence-electron chi connectivity index (χ4n) is 2.37. The van der Waals surface area contributed by atoms with Gasteiger partial charge < -0.3 is 21.1 Å². The summed E-state index contributed by atoms with van der Waals surface area (Å²) in [4.78, 5) is 23.8. The van der Waals surface area contributed by atoms with Crippen molar-refractivity contribution in [2.75, 3.05) is 31.6 Å². The number of rotatable bonds is 5. The molecule has 1 aliphatic heterocycles. The number of carbonyl (C=O) groups excluding carboxylic acids is 2. The van der Waals surface area contributed by atoms with Crippen molar-refractivity contribution in [2.45, 2.75) is 6.92 Å². The van der Waals surface area contributed by atoms with E-state index >= 15 is 0 Å². The monoisotopic (exact) mass is 291 g/mol. The Morgan fingerprint density at radius 2 is 2.00 bits per heavy atom. The van der Waals surface area contributed by atoms with Crippen LogP contribution in [0.3, 0.4) is 0 Å². The van der Waals surface area contributed by atoms with E-state index < -0.39 is 0 Å². The average molecular weight is 291 g/mol. The van der Waals surface area contributed by atoms with Crippen LogP contribution in [0.4, 0.5) is 5.69 Å². The Hall–Kier alpha value is -1.92. The van der Waals surface area contributed by atoms with Gasteiger partial charge in [0.1, 0.15) is 0 Å². The van der Waals surface area contributed by atoms with Crippen molar-refractivity contribution in [1.82, 2.24) is 10.6 Å². The normalized spacial score (nSPS) is 21.0. The van der Waals surface area contributed by atoms with E-state index in [1.54, 1.807) is 24.3 Å². The van der Waals surface area contributed by atoms with E-state index in [0.717, 1.165) is 6.54 Å². The summed E-state index contributed by atoms with van der Waals surface area (Å²) in [6, 6.07) is 6.72. The molecule has 6 heteroatoms. The first kappa shape index (κ1) is 15.5. The van der Waals surface area contributed by atoms with Crippen LogP contribution in [-0.4, -0.2) is 43.2 Å². The van der Waals surface area contributed by atoms with Crippen molar-refractivity contribution in [3.8, 4) is 0 Å². The maximum absolute atomic E-state index is 12.1. The smallest absolute Gasteiger partial charge is 0.251 e. The average Bonchev–Trinajstić information content (AvgIpc) is 2.91. The summed E-state index contributed by atoms with van der Waals surface area (Å²) in [5.41, 5.74) is 1.18. The van der Waals surface area contributed by atoms with Crippen molar-refractivity contribution in [3.05, 3.63) is 29.8 Å². The van der Waals surface area contributed by atoms with E-state index in [-0.39, 0.29) is 30.9 Å². The van der Waals surface area contributed by atoms with Gasteiger partial charge in [0.05, 0.1) is 12.5 Å². The van der Waals surface area contributed by atoms with Gasteiger partial charge in [0.25, 0.3) is 5.91 Å². The van der Waals surface area contributed by atoms with Crippen LogP contribution in [0.15, 0.2) is 24.3 Å². The zero-order chi connectivity index (χ0) is 15.2. The molecule has 0 aromatic heterocycles. The minimum Gasteiger partial charge on any atom is -0.395 e. The van der Waals surface area contributed by atoms with Gasteiger partial charge in [-0.05, 0) is 36.7 Å². The molecule has 1 aliphatic rings. The fraction of sp³-hybridized carbons (Fsp3) is 0.467. The molecule has 0 aliphatic carbocycles. The lowest BCUT2D eigenvalue weighted by Crippen LogP contribution is -2.28. The van der Waals surface area contributed by atoms with Crippen LogP contribution in [0.5, 0.6) is 0 Å². The first-order valence-corrected chi connectivity index (χ1v) is 7.12. The van der Waals surface area contributed by atoms with Crippen LogP contribution >= 0.6 is 0 Å². The fourth-order valence-corrected chi connectivity index (χ4v) is 2.37. The van der Waals surface area contributed by atoms with Crippen LogP contribution in [0.1, 0.15) is 17.3 Å². The van der Waals surface area contributed by atoms with Gasteiger partial charge in [-0.2, -0.15) is 0 Å². The van der Waals surface area contributed by atoms with Gasteiger partial charge in [0.15, 0.2) is 0 Å². The van der Waals surface area contributed by atoms with Crippen molar-refractivity contribution < 1.29 is 14.7 Å². The number of anilines is 1. The molecule has 1 fully saturated rings. The largest absolute Gasteiger partial charge is 0.395 e. The Morgan fingerprint density at radius 3 is 2.57 bits per heavy atom. The number of hydrogen-bond acceptors (Lipinski definition) is 4. The second kappa shape index (κ2) is 7.19. The van der Waals surface area contributed by atoms with Crippen molar-refractivity contribution in [1.29, 1.82) is 0 Å². The molecular formula is C15H21N3O3. The van der Waals surface area contributed by atoms with E-state index in [0.29, 0.717) is 23.7 Å². The molecule has 0 saturated carbocycles. The molecule has 4 N–H and O–H groups in total. The van der Waals surface area contributed by atoms with E-state index in [1.165, 1.54) is 0 Å². The number of hydrogen-bond donors (Lipinski definition) is 4. The highest BCUT2D eigenvalue weighted by Crippen LogP contribution is 2.18. The quantitative estimate of drug-likeness (QED) is 0.624. The number of amides is 2. The summed E-state index contributed by atoms with van der Waals surface area (Å²) in [5.74, 6) is 0.0755. The molecule has 21 heavy (non-hydrogen) atoms. The highest BCUT2D eigenvalue weighted by Gasteiger charge is 2.29. The molecule has 2 amide bonds. The van der Waals surface area contributed by atoms with Gasteiger partial charge in [0, 0.05) is 24.3 Å².